The summed E-state index contributed by atoms with van der Waals surface area (Å²) in [4.78, 5) is 46.4. The van der Waals surface area contributed by atoms with Crippen molar-refractivity contribution in [3.8, 4) is 23.6 Å². The molecule has 2 unspecified atom stereocenters. The van der Waals surface area contributed by atoms with Gasteiger partial charge in [-0.1, -0.05) is 0 Å². The second kappa shape index (κ2) is 26.4. The molecule has 8 heterocycles. The molecule has 18 nitrogen and oxygen atoms in total. The van der Waals surface area contributed by atoms with Gasteiger partial charge in [-0.3, -0.25) is 19.8 Å². The number of rotatable bonds is 20. The fourth-order valence-electron chi connectivity index (χ4n) is 11.4. The normalized spacial score (nSPS) is 20.1. The lowest BCUT2D eigenvalue weighted by Crippen LogP contribution is -2.34. The maximum Gasteiger partial charge on any atom is 0.337 e. The number of hydrogen-bond acceptors (Lipinski definition) is 15. The van der Waals surface area contributed by atoms with Crippen LogP contribution in [-0.4, -0.2) is 127 Å². The van der Waals surface area contributed by atoms with E-state index in [1.807, 2.05) is 31.1 Å². The van der Waals surface area contributed by atoms with Crippen LogP contribution in [0.25, 0.3) is 22.1 Å². The molecule has 4 saturated heterocycles. The number of esters is 1. The molecular formula is C63H58F6N10O8. The summed E-state index contributed by atoms with van der Waals surface area (Å²) in [7, 11) is 1.33. The largest absolute Gasteiger partial charge is 0.484 e. The molecule has 450 valence electrons. The molecule has 0 radical (unpaired) electrons. The van der Waals surface area contributed by atoms with Crippen molar-refractivity contribution in [3.05, 3.63) is 177 Å². The summed E-state index contributed by atoms with van der Waals surface area (Å²) in [6.45, 7) is 2.21. The molecule has 4 aromatic carbocycles. The number of carbonyl (C=O) groups is 2. The summed E-state index contributed by atoms with van der Waals surface area (Å²) < 4.78 is 118. The summed E-state index contributed by atoms with van der Waals surface area (Å²) in [6, 6.07) is 26.1. The summed E-state index contributed by atoms with van der Waals surface area (Å²) in [6.07, 6.45) is 2.74. The number of carboxylic acids is 1. The SMILES string of the molecule is COC(=O)c1ccc2nc(CN3CC(c4ccc(F)c(COc5ccc(C#N)cc5F)n4)C[C@@H]3CF)n(C[C@@H]3CCO3)c2c1.N#Cc1ccc(OCc2nc(C3C[C@H](CF)N(Cc4nc5ccc(C(=O)O)cc5n4C[C@@H]4CCO4)C3)ccc2F)c(F)c1. The van der Waals surface area contributed by atoms with Crippen LogP contribution in [0.1, 0.15) is 104 Å². The Morgan fingerprint density at radius 1 is 0.609 bits per heavy atom. The minimum absolute atomic E-state index is 0.00482. The second-order valence-corrected chi connectivity index (χ2v) is 21.8. The molecule has 4 fully saturated rings. The number of methoxy groups -OCH3 is 1. The number of imidazole rings is 2. The van der Waals surface area contributed by atoms with Crippen LogP contribution < -0.4 is 9.47 Å². The molecule has 4 aliphatic rings. The summed E-state index contributed by atoms with van der Waals surface area (Å²) in [5.41, 5.74) is 4.83. The van der Waals surface area contributed by atoms with Crippen molar-refractivity contribution < 1.29 is 64.7 Å². The average molecular weight is 1200 g/mol. The lowest BCUT2D eigenvalue weighted by Gasteiger charge is -2.28. The fraction of sp³-hybridized carbons (Fsp3) is 0.365. The molecule has 4 aromatic heterocycles. The number of pyridine rings is 2. The molecule has 0 saturated carbocycles. The zero-order valence-corrected chi connectivity index (χ0v) is 47.1. The van der Waals surface area contributed by atoms with Crippen LogP contribution in [0, 0.1) is 45.9 Å². The topological polar surface area (TPSA) is 216 Å². The van der Waals surface area contributed by atoms with Gasteiger partial charge in [-0.25, -0.2) is 45.9 Å². The maximum absolute atomic E-state index is 14.7. The maximum atomic E-state index is 14.7. The number of aromatic carboxylic acids is 1. The third kappa shape index (κ3) is 13.2. The van der Waals surface area contributed by atoms with Crippen molar-refractivity contribution in [2.24, 2.45) is 0 Å². The number of ether oxygens (including phenoxy) is 5. The zero-order valence-electron chi connectivity index (χ0n) is 47.1. The summed E-state index contributed by atoms with van der Waals surface area (Å²) in [5.74, 6) is -3.36. The van der Waals surface area contributed by atoms with Crippen LogP contribution >= 0.6 is 0 Å². The van der Waals surface area contributed by atoms with Gasteiger partial charge in [0.25, 0.3) is 0 Å². The molecule has 0 aliphatic carbocycles. The molecule has 12 rings (SSSR count). The van der Waals surface area contributed by atoms with Gasteiger partial charge < -0.3 is 37.9 Å². The van der Waals surface area contributed by atoms with Crippen LogP contribution in [0.15, 0.2) is 97.1 Å². The van der Waals surface area contributed by atoms with Crippen molar-refractivity contribution in [1.82, 2.24) is 38.9 Å². The van der Waals surface area contributed by atoms with Gasteiger partial charge in [-0.15, -0.1) is 0 Å². The number of benzene rings is 4. The van der Waals surface area contributed by atoms with E-state index in [0.29, 0.717) is 105 Å². The van der Waals surface area contributed by atoms with E-state index in [1.165, 1.54) is 49.6 Å². The molecule has 87 heavy (non-hydrogen) atoms. The van der Waals surface area contributed by atoms with Crippen molar-refractivity contribution in [2.75, 3.05) is 46.8 Å². The molecule has 0 spiro atoms. The molecule has 0 bridgehead atoms. The molecule has 4 aliphatic heterocycles. The van der Waals surface area contributed by atoms with Gasteiger partial charge in [-0.05, 0) is 123 Å². The molecule has 0 amide bonds. The minimum atomic E-state index is -1.03. The van der Waals surface area contributed by atoms with E-state index in [-0.39, 0.29) is 76.8 Å². The fourth-order valence-corrected chi connectivity index (χ4v) is 11.4. The number of alkyl halides is 2. The molecule has 24 heteroatoms. The molecule has 1 N–H and O–H groups in total. The van der Waals surface area contributed by atoms with Gasteiger partial charge in [-0.2, -0.15) is 10.5 Å². The Bertz CT molecular complexity index is 3960. The van der Waals surface area contributed by atoms with E-state index in [1.54, 1.807) is 42.5 Å². The Hall–Kier alpha value is -8.94. The number of aromatic nitrogens is 6. The van der Waals surface area contributed by atoms with Crippen molar-refractivity contribution in [3.63, 3.8) is 0 Å². The van der Waals surface area contributed by atoms with Crippen molar-refractivity contribution >= 4 is 34.0 Å². The van der Waals surface area contributed by atoms with Gasteiger partial charge >= 0.3 is 11.9 Å². The van der Waals surface area contributed by atoms with Crippen molar-refractivity contribution in [2.45, 2.75) is 101 Å². The standard InChI is InChI=1S/C32H30F3N5O4.C31H28F3N5O4/c1-42-32(41)20-3-5-27-29(12-20)40(16-23-8-9-43-23)31(38-27)17-39-15-21(11-22(39)13-33)26-6-4-24(34)28(37-26)18-44-30-7-2-19(14-36)10-25(30)35;32-12-21-10-20(25-5-3-23(33)27(36-25)17-43-29-6-1-18(13-35)9-24(29)34)14-38(21)16-30-37-26-4-2-19(31(40)41)11-28(26)39(30)15-22-7-8-42-22/h2-7,10,12,21-23H,8-9,11,13,15-18H2,1H3;1-6,9,11,20-22H,7-8,10,12,14-17H2,(H,40,41)/t21?,22-,23+;20?,21-,22+/m11/s1. The van der Waals surface area contributed by atoms with Crippen LogP contribution in [0.3, 0.4) is 0 Å². The van der Waals surface area contributed by atoms with E-state index in [0.717, 1.165) is 36.3 Å². The Labute approximate surface area is 495 Å². The third-order valence-electron chi connectivity index (χ3n) is 16.4. The van der Waals surface area contributed by atoms with Crippen LogP contribution in [0.5, 0.6) is 11.5 Å². The number of fused-ring (bicyclic) bond motifs is 2. The number of carbonyl (C=O) groups excluding carboxylic acids is 1. The lowest BCUT2D eigenvalue weighted by atomic mass is 10.0. The first-order chi connectivity index (χ1) is 42.2. The van der Waals surface area contributed by atoms with Crippen LogP contribution in [-0.2, 0) is 53.6 Å². The van der Waals surface area contributed by atoms with E-state index < -0.39 is 60.6 Å². The van der Waals surface area contributed by atoms with Crippen molar-refractivity contribution in [1.29, 1.82) is 10.5 Å². The van der Waals surface area contributed by atoms with E-state index in [2.05, 4.69) is 9.97 Å². The minimum Gasteiger partial charge on any atom is -0.484 e. The van der Waals surface area contributed by atoms with E-state index in [9.17, 15) is 41.0 Å². The van der Waals surface area contributed by atoms with Gasteiger partial charge in [0.2, 0.25) is 0 Å². The summed E-state index contributed by atoms with van der Waals surface area (Å²) in [5, 5.41) is 27.4. The first-order valence-corrected chi connectivity index (χ1v) is 28.3. The quantitative estimate of drug-likeness (QED) is 0.0555. The zero-order chi connectivity index (χ0) is 60.9. The highest BCUT2D eigenvalue weighted by molar-refractivity contribution is 5.94. The van der Waals surface area contributed by atoms with Gasteiger partial charge in [0, 0.05) is 61.6 Å². The number of hydrogen-bond donors (Lipinski definition) is 1. The van der Waals surface area contributed by atoms with E-state index >= 15 is 0 Å². The van der Waals surface area contributed by atoms with Gasteiger partial charge in [0.05, 0.1) is 102 Å². The van der Waals surface area contributed by atoms with Crippen LogP contribution in [0.4, 0.5) is 26.3 Å². The highest BCUT2D eigenvalue weighted by Crippen LogP contribution is 2.36. The van der Waals surface area contributed by atoms with E-state index in [4.69, 9.17) is 44.2 Å². The molecular weight excluding hydrogens is 1140 g/mol. The highest BCUT2D eigenvalue weighted by atomic mass is 19.1. The Morgan fingerprint density at radius 3 is 1.45 bits per heavy atom. The number of likely N-dealkylation sites (tertiary alicyclic amines) is 2. The highest BCUT2D eigenvalue weighted by Gasteiger charge is 2.37. The first-order valence-electron chi connectivity index (χ1n) is 28.3. The lowest BCUT2D eigenvalue weighted by molar-refractivity contribution is -0.0593. The molecule has 8 aromatic rings. The number of nitrogens with zero attached hydrogens (tertiary/aromatic N) is 10. The van der Waals surface area contributed by atoms with Gasteiger partial charge in [0.1, 0.15) is 61.2 Å². The Morgan fingerprint density at radius 2 is 1.06 bits per heavy atom. The Balaban J connectivity index is 0.000000180. The number of nitriles is 2. The molecule has 6 atom stereocenters. The summed E-state index contributed by atoms with van der Waals surface area (Å²) >= 11 is 0. The third-order valence-corrected chi connectivity index (χ3v) is 16.4. The number of carboxylic acid groups (broad SMARTS) is 1. The predicted octanol–water partition coefficient (Wildman–Crippen LogP) is 10.0. The van der Waals surface area contributed by atoms with Gasteiger partial charge in [0.15, 0.2) is 23.1 Å². The second-order valence-electron chi connectivity index (χ2n) is 21.8. The monoisotopic (exact) mass is 1200 g/mol. The average Bonchev–Trinajstić information content (AvgIpc) is 3.18. The van der Waals surface area contributed by atoms with Crippen LogP contribution in [0.2, 0.25) is 0 Å². The predicted molar refractivity (Wildman–Crippen MR) is 301 cm³/mol. The first kappa shape index (κ1) is 59.8. The smallest absolute Gasteiger partial charge is 0.337 e. The Kier molecular flexibility index (Phi) is 18.1. The number of halogens is 6.